The average Bonchev–Trinajstić information content (AvgIpc) is 3.44. The molecule has 232 valence electrons. The molecule has 45 heavy (non-hydrogen) atoms. The van der Waals surface area contributed by atoms with Crippen LogP contribution in [0.1, 0.15) is 48.9 Å². The Kier molecular flexibility index (Phi) is 7.39. The van der Waals surface area contributed by atoms with Crippen molar-refractivity contribution in [2.45, 2.75) is 60.1 Å². The number of hydrogen-bond donors (Lipinski definition) is 2. The zero-order chi connectivity index (χ0) is 32.3. The number of pyridine rings is 4. The Bertz CT molecular complexity index is 2450. The van der Waals surface area contributed by atoms with Crippen LogP contribution >= 0.6 is 0 Å². The second-order valence-electron chi connectivity index (χ2n) is 11.9. The molecule has 7 rings (SSSR count). The van der Waals surface area contributed by atoms with E-state index in [1.807, 2.05) is 26.8 Å². The van der Waals surface area contributed by atoms with E-state index in [9.17, 15) is 24.3 Å². The van der Waals surface area contributed by atoms with E-state index in [0.29, 0.717) is 16.8 Å². The number of nitrogens with zero attached hydrogens (tertiary/aromatic N) is 3. The normalized spacial score (nSPS) is 12.2. The highest BCUT2D eigenvalue weighted by molar-refractivity contribution is 6.05. The maximum Gasteiger partial charge on any atom is 0.254 e. The van der Waals surface area contributed by atoms with E-state index < -0.39 is 0 Å². The van der Waals surface area contributed by atoms with Crippen molar-refractivity contribution in [2.24, 2.45) is 14.1 Å². The molecule has 1 aliphatic heterocycles. The molecule has 0 atom stereocenters. The fourth-order valence-electron chi connectivity index (χ4n) is 6.56. The molecule has 0 amide bonds. The van der Waals surface area contributed by atoms with Gasteiger partial charge in [0.05, 0.1) is 22.1 Å². The van der Waals surface area contributed by atoms with Crippen molar-refractivity contribution in [1.29, 1.82) is 0 Å². The van der Waals surface area contributed by atoms with E-state index in [0.717, 1.165) is 80.5 Å². The Morgan fingerprint density at radius 3 is 1.89 bits per heavy atom. The highest BCUT2D eigenvalue weighted by Crippen LogP contribution is 2.39. The summed E-state index contributed by atoms with van der Waals surface area (Å²) in [6.45, 7) is 8.14. The van der Waals surface area contributed by atoms with Crippen molar-refractivity contribution in [3.05, 3.63) is 100 Å². The monoisotopic (exact) mass is 608 g/mol. The van der Waals surface area contributed by atoms with Gasteiger partial charge in [-0.05, 0) is 61.1 Å². The molecule has 5 heterocycles. The predicted octanol–water partition coefficient (Wildman–Crippen LogP) is 4.81. The maximum absolute atomic E-state index is 12.4. The highest BCUT2D eigenvalue weighted by Gasteiger charge is 2.24. The van der Waals surface area contributed by atoms with Gasteiger partial charge in [-0.2, -0.15) is 0 Å². The van der Waals surface area contributed by atoms with Gasteiger partial charge in [0.2, 0.25) is 5.56 Å². The molecule has 0 unspecified atom stereocenters. The molecule has 6 aromatic rings. The van der Waals surface area contributed by atoms with Crippen LogP contribution in [0.2, 0.25) is 0 Å². The zero-order valence-corrected chi connectivity index (χ0v) is 26.3. The van der Waals surface area contributed by atoms with Crippen molar-refractivity contribution in [3.8, 4) is 11.5 Å². The quantitative estimate of drug-likeness (QED) is 0.277. The summed E-state index contributed by atoms with van der Waals surface area (Å²) < 4.78 is 10.5. The Morgan fingerprint density at radius 1 is 0.711 bits per heavy atom. The van der Waals surface area contributed by atoms with Crippen molar-refractivity contribution in [1.82, 2.24) is 18.7 Å². The van der Waals surface area contributed by atoms with Crippen molar-refractivity contribution >= 4 is 43.6 Å². The summed E-state index contributed by atoms with van der Waals surface area (Å²) in [4.78, 5) is 51.0. The number of fused-ring (bicyclic) bond motifs is 4. The summed E-state index contributed by atoms with van der Waals surface area (Å²) in [5.74, 6) is 0.599. The average molecular weight is 609 g/mol. The van der Waals surface area contributed by atoms with Gasteiger partial charge in [-0.3, -0.25) is 23.7 Å². The number of aromatic hydroxyl groups is 1. The molecule has 0 spiro atoms. The first kappa shape index (κ1) is 29.9. The van der Waals surface area contributed by atoms with Crippen LogP contribution in [0.4, 0.5) is 0 Å². The lowest BCUT2D eigenvalue weighted by atomic mass is 10.00. The van der Waals surface area contributed by atoms with Gasteiger partial charge in [-0.1, -0.05) is 26.7 Å². The number of phenols is 1. The number of aryl methyl sites for hydroxylation is 6. The van der Waals surface area contributed by atoms with Crippen molar-refractivity contribution in [3.63, 3.8) is 0 Å². The fourth-order valence-corrected chi connectivity index (χ4v) is 6.56. The number of H-pyrrole nitrogens is 1. The summed E-state index contributed by atoms with van der Waals surface area (Å²) in [6, 6.07) is 10.5. The third-order valence-corrected chi connectivity index (χ3v) is 8.82. The predicted molar refractivity (Wildman–Crippen MR) is 178 cm³/mol. The molecular weight excluding hydrogens is 572 g/mol. The lowest BCUT2D eigenvalue weighted by Gasteiger charge is -2.13. The van der Waals surface area contributed by atoms with Gasteiger partial charge in [0, 0.05) is 59.9 Å². The number of phenolic OH excluding ortho intramolecular Hbond substituents is 1. The third kappa shape index (κ3) is 4.72. The first-order chi connectivity index (χ1) is 21.5. The van der Waals surface area contributed by atoms with Gasteiger partial charge >= 0.3 is 0 Å². The summed E-state index contributed by atoms with van der Waals surface area (Å²) in [6.07, 6.45) is 3.49. The van der Waals surface area contributed by atoms with Gasteiger partial charge in [-0.25, -0.2) is 0 Å². The second kappa shape index (κ2) is 11.1. The van der Waals surface area contributed by atoms with Crippen molar-refractivity contribution in [2.75, 3.05) is 0 Å². The molecular formula is C35H36N4O6. The number of nitrogens with one attached hydrogen (secondary N) is 1. The van der Waals surface area contributed by atoms with Crippen LogP contribution < -0.4 is 27.0 Å². The van der Waals surface area contributed by atoms with Gasteiger partial charge < -0.3 is 24.0 Å². The molecule has 0 saturated heterocycles. The lowest BCUT2D eigenvalue weighted by molar-refractivity contribution is 0.268. The van der Waals surface area contributed by atoms with Crippen LogP contribution in [-0.4, -0.2) is 23.8 Å². The van der Waals surface area contributed by atoms with Gasteiger partial charge in [-0.15, -0.1) is 0 Å². The first-order valence-electron chi connectivity index (χ1n) is 15.2. The third-order valence-electron chi connectivity index (χ3n) is 8.82. The number of aromatic nitrogens is 4. The van der Waals surface area contributed by atoms with E-state index in [-0.39, 0.29) is 34.7 Å². The van der Waals surface area contributed by atoms with Crippen LogP contribution in [0, 0.1) is 13.8 Å². The smallest absolute Gasteiger partial charge is 0.254 e. The fraction of sp³-hybridized carbons (Fsp3) is 0.314. The minimum absolute atomic E-state index is 0.0447. The number of benzene rings is 2. The highest BCUT2D eigenvalue weighted by atomic mass is 16.5. The van der Waals surface area contributed by atoms with E-state index >= 15 is 0 Å². The SMILES string of the molecule is CCCc1cc(=O)[nH]c2c(O)c3c(cc12)c(C)cc(=O)n3C.CCCc1cc(=O)n2c3c(c4c(cc13)c(C)cc(=O)n4C)OC2. The van der Waals surface area contributed by atoms with Gasteiger partial charge in [0.25, 0.3) is 16.7 Å². The lowest BCUT2D eigenvalue weighted by Crippen LogP contribution is -2.19. The number of hydrogen-bond acceptors (Lipinski definition) is 6. The van der Waals surface area contributed by atoms with Gasteiger partial charge in [0.1, 0.15) is 0 Å². The molecule has 0 radical (unpaired) electrons. The van der Waals surface area contributed by atoms with E-state index in [1.54, 1.807) is 47.5 Å². The van der Waals surface area contributed by atoms with Gasteiger partial charge in [0.15, 0.2) is 18.2 Å². The molecule has 0 aliphatic carbocycles. The minimum Gasteiger partial charge on any atom is -0.504 e. The molecule has 4 aromatic heterocycles. The first-order valence-corrected chi connectivity index (χ1v) is 15.2. The molecule has 0 fully saturated rings. The molecule has 0 bridgehead atoms. The molecule has 0 saturated carbocycles. The topological polar surface area (TPSA) is 128 Å². The largest absolute Gasteiger partial charge is 0.504 e. The Hall–Kier alpha value is -5.12. The van der Waals surface area contributed by atoms with Crippen molar-refractivity contribution < 1.29 is 9.84 Å². The minimum atomic E-state index is -0.247. The summed E-state index contributed by atoms with van der Waals surface area (Å²) in [7, 11) is 3.36. The Labute approximate surface area is 257 Å². The second-order valence-corrected chi connectivity index (χ2v) is 11.9. The van der Waals surface area contributed by atoms with Crippen LogP contribution in [0.25, 0.3) is 43.6 Å². The van der Waals surface area contributed by atoms with Crippen LogP contribution in [0.15, 0.2) is 55.6 Å². The standard InChI is InChI=1S/C18H18N2O3.C17H18N2O3/c1-4-5-11-7-15(22)20-9-23-18-16-12(8-13(11)17(18)20)10(2)6-14(21)19(16)3;1-4-5-10-7-13(20)18-15-12(10)8-11-9(2)6-14(21)19(3)16(11)17(15)22/h6-8H,4-5,9H2,1-3H3;6-8,22H,4-5H2,1-3H3,(H,18,20). The maximum atomic E-state index is 12.4. The summed E-state index contributed by atoms with van der Waals surface area (Å²) >= 11 is 0. The van der Waals surface area contributed by atoms with E-state index in [1.165, 1.54) is 4.57 Å². The number of ether oxygens (including phenoxy) is 1. The summed E-state index contributed by atoms with van der Waals surface area (Å²) in [5.41, 5.74) is 5.56. The molecule has 10 heteroatoms. The Balaban J connectivity index is 0.000000159. The van der Waals surface area contributed by atoms with E-state index in [4.69, 9.17) is 4.74 Å². The van der Waals surface area contributed by atoms with Crippen LogP contribution in [0.5, 0.6) is 11.5 Å². The zero-order valence-electron chi connectivity index (χ0n) is 26.3. The molecule has 10 nitrogen and oxygen atoms in total. The van der Waals surface area contributed by atoms with E-state index in [2.05, 4.69) is 18.0 Å². The Morgan fingerprint density at radius 2 is 1.27 bits per heavy atom. The number of aromatic amines is 1. The molecule has 2 aromatic carbocycles. The van der Waals surface area contributed by atoms with Crippen LogP contribution in [-0.2, 0) is 33.7 Å². The van der Waals surface area contributed by atoms with Crippen LogP contribution in [0.3, 0.4) is 0 Å². The molecule has 1 aliphatic rings. The summed E-state index contributed by atoms with van der Waals surface area (Å²) in [5, 5.41) is 14.3. The molecule has 2 N–H and O–H groups in total. The number of rotatable bonds is 4.